The Morgan fingerprint density at radius 2 is 1.87 bits per heavy atom. The summed E-state index contributed by atoms with van der Waals surface area (Å²) in [5.74, 6) is 1.00. The molecule has 3 aromatic rings. The highest BCUT2D eigenvalue weighted by molar-refractivity contribution is 7.14. The van der Waals surface area contributed by atoms with Gasteiger partial charge in [-0.3, -0.25) is 4.79 Å². The molecule has 154 valence electrons. The number of benzene rings is 2. The number of carbonyl (C=O) groups excluding carboxylic acids is 1. The number of aromatic nitrogens is 1. The zero-order chi connectivity index (χ0) is 20.6. The van der Waals surface area contributed by atoms with Crippen LogP contribution < -0.4 is 5.43 Å². The van der Waals surface area contributed by atoms with Crippen molar-refractivity contribution in [3.8, 4) is 11.3 Å². The number of carbonyl (C=O) groups is 1. The summed E-state index contributed by atoms with van der Waals surface area (Å²) >= 11 is 1.47. The van der Waals surface area contributed by atoms with E-state index in [0.29, 0.717) is 29.8 Å². The summed E-state index contributed by atoms with van der Waals surface area (Å²) < 4.78 is 5.01. The van der Waals surface area contributed by atoms with Crippen molar-refractivity contribution in [3.05, 3.63) is 71.1 Å². The van der Waals surface area contributed by atoms with Crippen LogP contribution in [0.25, 0.3) is 11.3 Å². The van der Waals surface area contributed by atoms with Gasteiger partial charge in [-0.2, -0.15) is 0 Å². The molecule has 1 saturated carbocycles. The monoisotopic (exact) mass is 419 g/mol. The van der Waals surface area contributed by atoms with Gasteiger partial charge in [-0.25, -0.2) is 10.4 Å². The molecule has 1 aromatic heterocycles. The highest BCUT2D eigenvalue weighted by Crippen LogP contribution is 2.34. The molecule has 0 saturated heterocycles. The molecule has 2 aromatic carbocycles. The maximum Gasteiger partial charge on any atom is 0.299 e. The van der Waals surface area contributed by atoms with Crippen molar-refractivity contribution >= 4 is 28.8 Å². The number of ether oxygens (including phenoxy) is 1. The first-order valence-electron chi connectivity index (χ1n) is 10.3. The van der Waals surface area contributed by atoms with Crippen LogP contribution in [0.5, 0.6) is 0 Å². The van der Waals surface area contributed by atoms with E-state index in [1.165, 1.54) is 49.0 Å². The number of thiazole rings is 1. The molecule has 0 amide bonds. The van der Waals surface area contributed by atoms with Crippen molar-refractivity contribution in [2.45, 2.75) is 44.4 Å². The van der Waals surface area contributed by atoms with Crippen LogP contribution in [-0.2, 0) is 16.0 Å². The van der Waals surface area contributed by atoms with Crippen molar-refractivity contribution in [3.63, 3.8) is 0 Å². The molecule has 0 radical (unpaired) electrons. The second-order valence-electron chi connectivity index (χ2n) is 7.49. The molecule has 5 nitrogen and oxygen atoms in total. The molecule has 0 atom stereocenters. The lowest BCUT2D eigenvalue weighted by Crippen LogP contribution is -2.10. The Labute approximate surface area is 180 Å². The number of nitrogens with zero attached hydrogens (tertiary/aromatic N) is 2. The lowest BCUT2D eigenvalue weighted by atomic mass is 9.84. The average molecular weight is 420 g/mol. The predicted molar refractivity (Wildman–Crippen MR) is 122 cm³/mol. The molecule has 6 heteroatoms. The van der Waals surface area contributed by atoms with Crippen LogP contribution >= 0.6 is 11.3 Å². The largest absolute Gasteiger partial charge is 0.412 e. The van der Waals surface area contributed by atoms with Crippen molar-refractivity contribution in [2.24, 2.45) is 5.10 Å². The van der Waals surface area contributed by atoms with Gasteiger partial charge in [0.1, 0.15) is 0 Å². The molecule has 0 unspecified atom stereocenters. The van der Waals surface area contributed by atoms with Gasteiger partial charge >= 0.3 is 0 Å². The van der Waals surface area contributed by atoms with Crippen LogP contribution in [0.3, 0.4) is 0 Å². The fourth-order valence-electron chi connectivity index (χ4n) is 3.86. The zero-order valence-corrected chi connectivity index (χ0v) is 17.6. The van der Waals surface area contributed by atoms with Crippen LogP contribution in [0.4, 0.5) is 5.13 Å². The third kappa shape index (κ3) is 5.33. The average Bonchev–Trinajstić information content (AvgIpc) is 3.28. The number of anilines is 1. The lowest BCUT2D eigenvalue weighted by Gasteiger charge is -2.22. The van der Waals surface area contributed by atoms with E-state index in [1.54, 1.807) is 0 Å². The summed E-state index contributed by atoms with van der Waals surface area (Å²) in [5.41, 5.74) is 7.37. The summed E-state index contributed by atoms with van der Waals surface area (Å²) in [6.07, 6.45) is 7.08. The summed E-state index contributed by atoms with van der Waals surface area (Å²) in [4.78, 5) is 15.4. The normalized spacial score (nSPS) is 15.0. The van der Waals surface area contributed by atoms with Gasteiger partial charge in [0.25, 0.3) is 6.47 Å². The van der Waals surface area contributed by atoms with E-state index in [0.717, 1.165) is 16.8 Å². The Kier molecular flexibility index (Phi) is 6.87. The number of hydrogen-bond donors (Lipinski definition) is 1. The molecule has 0 aliphatic heterocycles. The first-order chi connectivity index (χ1) is 14.8. The fraction of sp³-hybridized carbons (Fsp3) is 0.292. The number of nitrogens with one attached hydrogen (secondary N) is 1. The van der Waals surface area contributed by atoms with Crippen LogP contribution in [0, 0.1) is 0 Å². The van der Waals surface area contributed by atoms with Gasteiger partial charge in [-0.1, -0.05) is 73.9 Å². The third-order valence-electron chi connectivity index (χ3n) is 5.45. The van der Waals surface area contributed by atoms with Gasteiger partial charge in [-0.05, 0) is 29.9 Å². The molecule has 4 rings (SSSR count). The van der Waals surface area contributed by atoms with Gasteiger partial charge in [0.2, 0.25) is 11.0 Å². The zero-order valence-electron chi connectivity index (χ0n) is 16.8. The molecule has 1 fully saturated rings. The molecule has 0 spiro atoms. The van der Waals surface area contributed by atoms with E-state index in [9.17, 15) is 4.79 Å². The minimum Gasteiger partial charge on any atom is -0.412 e. The van der Waals surface area contributed by atoms with Crippen LogP contribution in [0.1, 0.15) is 49.1 Å². The van der Waals surface area contributed by atoms with Crippen molar-refractivity contribution in [1.82, 2.24) is 4.98 Å². The number of rotatable bonds is 7. The van der Waals surface area contributed by atoms with E-state index in [4.69, 9.17) is 4.74 Å². The highest BCUT2D eigenvalue weighted by atomic mass is 32.1. The number of hydrazone groups is 1. The Bertz CT molecular complexity index is 977. The van der Waals surface area contributed by atoms with Gasteiger partial charge in [0.15, 0.2) is 0 Å². The fourth-order valence-corrected chi connectivity index (χ4v) is 4.52. The predicted octanol–water partition coefficient (Wildman–Crippen LogP) is 6.00. The van der Waals surface area contributed by atoms with Gasteiger partial charge in [-0.15, -0.1) is 16.4 Å². The smallest absolute Gasteiger partial charge is 0.299 e. The van der Waals surface area contributed by atoms with E-state index in [1.807, 2.05) is 35.7 Å². The Morgan fingerprint density at radius 3 is 2.60 bits per heavy atom. The van der Waals surface area contributed by atoms with Crippen LogP contribution in [0.15, 0.2) is 65.1 Å². The summed E-state index contributed by atoms with van der Waals surface area (Å²) in [6.45, 7) is 0.393. The maximum atomic E-state index is 10.8. The molecule has 1 N–H and O–H groups in total. The Hall–Kier alpha value is -2.99. The van der Waals surface area contributed by atoms with Crippen LogP contribution in [0.2, 0.25) is 0 Å². The Balaban J connectivity index is 1.41. The minimum absolute atomic E-state index is 0.296. The van der Waals surface area contributed by atoms with Gasteiger partial charge in [0.05, 0.1) is 12.1 Å². The Morgan fingerprint density at radius 1 is 1.10 bits per heavy atom. The molecule has 30 heavy (non-hydrogen) atoms. The molecular weight excluding hydrogens is 394 g/mol. The van der Waals surface area contributed by atoms with E-state index >= 15 is 0 Å². The topological polar surface area (TPSA) is 63.6 Å². The van der Waals surface area contributed by atoms with Crippen LogP contribution in [-0.4, -0.2) is 17.4 Å². The van der Waals surface area contributed by atoms with Crippen molar-refractivity contribution in [1.29, 1.82) is 0 Å². The molecule has 1 aliphatic rings. The van der Waals surface area contributed by atoms with Gasteiger partial charge in [0, 0.05) is 10.9 Å². The first-order valence-corrected chi connectivity index (χ1v) is 11.2. The molecular formula is C24H25N3O2S. The summed E-state index contributed by atoms with van der Waals surface area (Å²) in [7, 11) is 0. The standard InChI is InChI=1S/C24H25N3O2S/c28-17-29-23(15-18-7-3-1-4-8-18)26-27-24-25-22(16-30-24)21-13-11-20(12-14-21)19-9-5-2-6-10-19/h1,3-4,7-8,11-14,16-17,19H,2,5-6,9-10,15H2,(H,25,27). The number of hydrogen-bond acceptors (Lipinski definition) is 6. The van der Waals surface area contributed by atoms with Crippen molar-refractivity contribution < 1.29 is 9.53 Å². The summed E-state index contributed by atoms with van der Waals surface area (Å²) in [6, 6.07) is 18.5. The molecule has 0 bridgehead atoms. The van der Waals surface area contributed by atoms with Gasteiger partial charge < -0.3 is 4.74 Å². The second-order valence-corrected chi connectivity index (χ2v) is 8.35. The molecule has 1 aliphatic carbocycles. The van der Waals surface area contributed by atoms with E-state index in [2.05, 4.69) is 39.8 Å². The first kappa shape index (κ1) is 20.3. The minimum atomic E-state index is 0.296. The quantitative estimate of drug-likeness (QED) is 0.221. The third-order valence-corrected chi connectivity index (χ3v) is 6.19. The van der Waals surface area contributed by atoms with E-state index in [-0.39, 0.29) is 0 Å². The molecule has 1 heterocycles. The van der Waals surface area contributed by atoms with E-state index < -0.39 is 0 Å². The van der Waals surface area contributed by atoms with Crippen molar-refractivity contribution in [2.75, 3.05) is 5.43 Å². The lowest BCUT2D eigenvalue weighted by molar-refractivity contribution is -0.121. The highest BCUT2D eigenvalue weighted by Gasteiger charge is 2.15. The second kappa shape index (κ2) is 10.2. The maximum absolute atomic E-state index is 10.8. The SMILES string of the molecule is O=COC(Cc1ccccc1)=NNc1nc(-c2ccc(C3CCCCC3)cc2)cs1. The summed E-state index contributed by atoms with van der Waals surface area (Å²) in [5, 5.41) is 6.88.